The molecule has 3 unspecified atom stereocenters. The molecule has 0 radical (unpaired) electrons. The lowest BCUT2D eigenvalue weighted by atomic mass is 9.93. The minimum absolute atomic E-state index is 0.0441. The number of hydrogen-bond donors (Lipinski definition) is 1. The fourth-order valence-corrected chi connectivity index (χ4v) is 2.25. The molecule has 1 aliphatic carbocycles. The van der Waals surface area contributed by atoms with Crippen molar-refractivity contribution >= 4 is 5.91 Å². The average molecular weight is 204 g/mol. The number of fused-ring (bicyclic) bond motifs is 3. The predicted octanol–water partition coefficient (Wildman–Crippen LogP) is 0.357. The van der Waals surface area contributed by atoms with Crippen LogP contribution in [0.5, 0.6) is 0 Å². The normalized spacial score (nSPS) is 36.7. The van der Waals surface area contributed by atoms with Gasteiger partial charge in [0.2, 0.25) is 5.91 Å². The van der Waals surface area contributed by atoms with Gasteiger partial charge in [-0.05, 0) is 0 Å². The van der Waals surface area contributed by atoms with Gasteiger partial charge >= 0.3 is 0 Å². The lowest BCUT2D eigenvalue weighted by Gasteiger charge is -2.29. The van der Waals surface area contributed by atoms with E-state index in [1.165, 1.54) is 0 Å². The van der Waals surface area contributed by atoms with Gasteiger partial charge < -0.3 is 15.0 Å². The van der Waals surface area contributed by atoms with E-state index in [9.17, 15) is 4.79 Å². The van der Waals surface area contributed by atoms with Crippen molar-refractivity contribution in [2.45, 2.75) is 12.3 Å². The molecular formula is C11H12N2O2. The van der Waals surface area contributed by atoms with Gasteiger partial charge in [0, 0.05) is 6.20 Å². The summed E-state index contributed by atoms with van der Waals surface area (Å²) in [5.41, 5.74) is 0. The van der Waals surface area contributed by atoms with Crippen LogP contribution < -0.4 is 5.32 Å². The molecule has 4 nitrogen and oxygen atoms in total. The highest BCUT2D eigenvalue weighted by molar-refractivity contribution is 5.79. The first-order chi connectivity index (χ1) is 7.34. The average Bonchev–Trinajstić information content (AvgIpc) is 2.62. The van der Waals surface area contributed by atoms with Gasteiger partial charge in [0.15, 0.2) is 6.23 Å². The third-order valence-corrected chi connectivity index (χ3v) is 2.96. The largest absolute Gasteiger partial charge is 0.476 e. The first-order valence-electron chi connectivity index (χ1n) is 5.07. The highest BCUT2D eigenvalue weighted by atomic mass is 16.5. The lowest BCUT2D eigenvalue weighted by Crippen LogP contribution is -2.41. The summed E-state index contributed by atoms with van der Waals surface area (Å²) >= 11 is 0. The molecule has 3 rings (SSSR count). The molecule has 4 heteroatoms. The molecule has 0 bridgehead atoms. The predicted molar refractivity (Wildman–Crippen MR) is 54.4 cm³/mol. The third-order valence-electron chi connectivity index (χ3n) is 2.96. The highest BCUT2D eigenvalue weighted by Crippen LogP contribution is 2.27. The maximum absolute atomic E-state index is 11.6. The van der Waals surface area contributed by atoms with E-state index in [2.05, 4.69) is 11.4 Å². The zero-order chi connectivity index (χ0) is 10.3. The quantitative estimate of drug-likeness (QED) is 0.619. The standard InChI is InChI=1S/C11H12N2O2/c14-10-7-13-5-6-15-11(13)8-3-1-2-4-9(8)12-10/h1-6,8-9,11H,7H2,(H,12,14). The van der Waals surface area contributed by atoms with Crippen molar-refractivity contribution in [3.8, 4) is 0 Å². The Morgan fingerprint density at radius 3 is 3.20 bits per heavy atom. The van der Waals surface area contributed by atoms with Crippen LogP contribution in [-0.2, 0) is 9.53 Å². The molecule has 1 fully saturated rings. The summed E-state index contributed by atoms with van der Waals surface area (Å²) in [7, 11) is 0. The molecule has 0 aromatic carbocycles. The second-order valence-electron chi connectivity index (χ2n) is 3.92. The Bertz CT molecular complexity index is 373. The van der Waals surface area contributed by atoms with Crippen molar-refractivity contribution in [1.29, 1.82) is 0 Å². The molecule has 1 saturated heterocycles. The zero-order valence-corrected chi connectivity index (χ0v) is 8.17. The van der Waals surface area contributed by atoms with Gasteiger partial charge in [-0.15, -0.1) is 0 Å². The van der Waals surface area contributed by atoms with Crippen LogP contribution in [0.25, 0.3) is 0 Å². The summed E-state index contributed by atoms with van der Waals surface area (Å²) in [5.74, 6) is 0.235. The molecule has 1 N–H and O–H groups in total. The topological polar surface area (TPSA) is 41.6 Å². The van der Waals surface area contributed by atoms with Crippen LogP contribution >= 0.6 is 0 Å². The Balaban J connectivity index is 1.94. The fourth-order valence-electron chi connectivity index (χ4n) is 2.25. The number of carbonyl (C=O) groups is 1. The molecular weight excluding hydrogens is 192 g/mol. The van der Waals surface area contributed by atoms with Crippen molar-refractivity contribution in [1.82, 2.24) is 10.2 Å². The maximum atomic E-state index is 11.6. The molecule has 0 saturated carbocycles. The van der Waals surface area contributed by atoms with Crippen molar-refractivity contribution in [2.75, 3.05) is 6.54 Å². The summed E-state index contributed by atoms with van der Waals surface area (Å²) < 4.78 is 5.52. The van der Waals surface area contributed by atoms with Crippen molar-refractivity contribution < 1.29 is 9.53 Å². The van der Waals surface area contributed by atoms with E-state index < -0.39 is 0 Å². The molecule has 1 amide bonds. The highest BCUT2D eigenvalue weighted by Gasteiger charge is 2.38. The van der Waals surface area contributed by atoms with E-state index in [4.69, 9.17) is 4.74 Å². The molecule has 3 atom stereocenters. The lowest BCUT2D eigenvalue weighted by molar-refractivity contribution is -0.121. The van der Waals surface area contributed by atoms with Crippen molar-refractivity contribution in [2.24, 2.45) is 5.92 Å². The summed E-state index contributed by atoms with van der Waals surface area (Å²) in [6.45, 7) is 0.371. The Morgan fingerprint density at radius 1 is 1.40 bits per heavy atom. The number of allylic oxidation sites excluding steroid dienone is 2. The SMILES string of the molecule is O=C1CN2C=COC2C2C=CC=CC2N1. The van der Waals surface area contributed by atoms with E-state index in [1.807, 2.05) is 29.3 Å². The molecule has 0 spiro atoms. The number of amides is 1. The Kier molecular flexibility index (Phi) is 1.80. The van der Waals surface area contributed by atoms with E-state index >= 15 is 0 Å². The van der Waals surface area contributed by atoms with E-state index in [0.717, 1.165) is 0 Å². The van der Waals surface area contributed by atoms with E-state index in [0.29, 0.717) is 6.54 Å². The molecule has 0 aromatic rings. The van der Waals surface area contributed by atoms with Crippen LogP contribution in [0.1, 0.15) is 0 Å². The number of hydrogen-bond acceptors (Lipinski definition) is 3. The smallest absolute Gasteiger partial charge is 0.240 e. The van der Waals surface area contributed by atoms with Gasteiger partial charge in [0.25, 0.3) is 0 Å². The van der Waals surface area contributed by atoms with Gasteiger partial charge in [0.1, 0.15) is 6.26 Å². The van der Waals surface area contributed by atoms with Crippen molar-refractivity contribution in [3.63, 3.8) is 0 Å². The van der Waals surface area contributed by atoms with Gasteiger partial charge in [-0.3, -0.25) is 4.79 Å². The van der Waals surface area contributed by atoms with Gasteiger partial charge in [-0.1, -0.05) is 24.3 Å². The fraction of sp³-hybridized carbons (Fsp3) is 0.364. The number of nitrogens with one attached hydrogen (secondary N) is 1. The number of carbonyl (C=O) groups excluding carboxylic acids is 1. The maximum Gasteiger partial charge on any atom is 0.240 e. The minimum atomic E-state index is -0.0462. The van der Waals surface area contributed by atoms with E-state index in [-0.39, 0.29) is 24.1 Å². The first kappa shape index (κ1) is 8.59. The molecule has 15 heavy (non-hydrogen) atoms. The minimum Gasteiger partial charge on any atom is -0.476 e. The molecule has 3 aliphatic rings. The van der Waals surface area contributed by atoms with Gasteiger partial charge in [0.05, 0.1) is 18.5 Å². The summed E-state index contributed by atoms with van der Waals surface area (Å²) in [4.78, 5) is 13.5. The monoisotopic (exact) mass is 204 g/mol. The van der Waals surface area contributed by atoms with Gasteiger partial charge in [-0.25, -0.2) is 0 Å². The number of nitrogens with zero attached hydrogens (tertiary/aromatic N) is 1. The second-order valence-corrected chi connectivity index (χ2v) is 3.92. The van der Waals surface area contributed by atoms with Crippen LogP contribution in [0.15, 0.2) is 36.8 Å². The van der Waals surface area contributed by atoms with Gasteiger partial charge in [-0.2, -0.15) is 0 Å². The molecule has 0 aromatic heterocycles. The van der Waals surface area contributed by atoms with Crippen LogP contribution in [0, 0.1) is 5.92 Å². The van der Waals surface area contributed by atoms with Crippen molar-refractivity contribution in [3.05, 3.63) is 36.8 Å². The summed E-state index contributed by atoms with van der Waals surface area (Å²) in [6.07, 6.45) is 11.5. The Hall–Kier alpha value is -1.71. The van der Waals surface area contributed by atoms with Crippen LogP contribution in [0.3, 0.4) is 0 Å². The van der Waals surface area contributed by atoms with E-state index in [1.54, 1.807) is 6.26 Å². The van der Waals surface area contributed by atoms with Crippen LogP contribution in [0.2, 0.25) is 0 Å². The third kappa shape index (κ3) is 1.33. The zero-order valence-electron chi connectivity index (χ0n) is 8.17. The molecule has 2 aliphatic heterocycles. The van der Waals surface area contributed by atoms with Crippen LogP contribution in [0.4, 0.5) is 0 Å². The number of rotatable bonds is 0. The molecule has 2 heterocycles. The first-order valence-corrected chi connectivity index (χ1v) is 5.07. The Morgan fingerprint density at radius 2 is 2.27 bits per heavy atom. The van der Waals surface area contributed by atoms with Crippen LogP contribution in [-0.4, -0.2) is 29.6 Å². The summed E-state index contributed by atoms with van der Waals surface area (Å²) in [5, 5.41) is 2.98. The molecule has 78 valence electrons. The second kappa shape index (κ2) is 3.15. The Labute approximate surface area is 87.9 Å². The summed E-state index contributed by atoms with van der Waals surface area (Å²) in [6, 6.07) is 0.0531. The number of ether oxygens (including phenoxy) is 1.